The fraction of sp³-hybridized carbons (Fsp3) is 0.200. The van der Waals surface area contributed by atoms with Crippen LogP contribution >= 0.6 is 34.2 Å². The van der Waals surface area contributed by atoms with Crippen molar-refractivity contribution in [2.45, 2.75) is 6.92 Å². The van der Waals surface area contributed by atoms with Gasteiger partial charge in [-0.15, -0.1) is 11.6 Å². The highest BCUT2D eigenvalue weighted by molar-refractivity contribution is 14.1. The predicted molar refractivity (Wildman–Crippen MR) is 64.3 cm³/mol. The fourth-order valence-electron chi connectivity index (χ4n) is 1.13. The molecule has 0 N–H and O–H groups in total. The van der Waals surface area contributed by atoms with E-state index in [1.165, 1.54) is 0 Å². The lowest BCUT2D eigenvalue weighted by Crippen LogP contribution is -2.05. The van der Waals surface area contributed by atoms with E-state index in [1.54, 1.807) is 12.1 Å². The molecule has 0 radical (unpaired) electrons. The Kier molecular flexibility index (Phi) is 4.07. The summed E-state index contributed by atoms with van der Waals surface area (Å²) in [5, 5.41) is 0. The quantitative estimate of drug-likeness (QED) is 0.371. The Balaban J connectivity index is 3.33. The molecule has 0 fully saturated rings. The number of ketones is 1. The molecule has 0 atom stereocenters. The molecule has 0 bridgehead atoms. The first kappa shape index (κ1) is 11.7. The fourth-order valence-corrected chi connectivity index (χ4v) is 1.92. The SMILES string of the molecule is Cc1c(I)cc(C=O)cc1C(=O)CCl. The van der Waals surface area contributed by atoms with Crippen LogP contribution in [0.15, 0.2) is 12.1 Å². The van der Waals surface area contributed by atoms with Crippen LogP contribution in [0.3, 0.4) is 0 Å². The third kappa shape index (κ3) is 2.33. The van der Waals surface area contributed by atoms with Gasteiger partial charge >= 0.3 is 0 Å². The number of alkyl halides is 1. The van der Waals surface area contributed by atoms with Gasteiger partial charge in [0.2, 0.25) is 0 Å². The van der Waals surface area contributed by atoms with Crippen molar-refractivity contribution >= 4 is 46.3 Å². The highest BCUT2D eigenvalue weighted by Crippen LogP contribution is 2.19. The molecule has 0 saturated heterocycles. The average Bonchev–Trinajstić information content (AvgIpc) is 2.20. The van der Waals surface area contributed by atoms with Gasteiger partial charge in [0.15, 0.2) is 5.78 Å². The number of hydrogen-bond acceptors (Lipinski definition) is 2. The van der Waals surface area contributed by atoms with Crippen LogP contribution in [0.4, 0.5) is 0 Å². The van der Waals surface area contributed by atoms with Crippen molar-refractivity contribution in [2.24, 2.45) is 0 Å². The van der Waals surface area contributed by atoms with Crippen molar-refractivity contribution < 1.29 is 9.59 Å². The van der Waals surface area contributed by atoms with Gasteiger partial charge in [0.05, 0.1) is 5.88 Å². The molecule has 0 amide bonds. The lowest BCUT2D eigenvalue weighted by molar-refractivity contribution is 0.102. The molecule has 0 aliphatic heterocycles. The van der Waals surface area contributed by atoms with Gasteiger partial charge in [-0.1, -0.05) is 0 Å². The monoisotopic (exact) mass is 322 g/mol. The number of aldehydes is 1. The molecule has 0 aromatic heterocycles. The third-order valence-corrected chi connectivity index (χ3v) is 3.29. The van der Waals surface area contributed by atoms with Crippen LogP contribution < -0.4 is 0 Å². The van der Waals surface area contributed by atoms with E-state index >= 15 is 0 Å². The maximum Gasteiger partial charge on any atom is 0.177 e. The molecule has 0 spiro atoms. The number of carbonyl (C=O) groups is 2. The van der Waals surface area contributed by atoms with Gasteiger partial charge in [0, 0.05) is 14.7 Å². The van der Waals surface area contributed by atoms with Crippen LogP contribution in [0.1, 0.15) is 26.3 Å². The minimum absolute atomic E-state index is 0.0563. The van der Waals surface area contributed by atoms with Crippen molar-refractivity contribution in [3.05, 3.63) is 32.4 Å². The number of Topliss-reactive ketones (excluding diaryl/α,β-unsaturated/α-hetero) is 1. The summed E-state index contributed by atoms with van der Waals surface area (Å²) in [6.45, 7) is 1.84. The Morgan fingerprint density at radius 3 is 2.71 bits per heavy atom. The van der Waals surface area contributed by atoms with Crippen LogP contribution in [0.25, 0.3) is 0 Å². The second-order valence-electron chi connectivity index (χ2n) is 2.85. The highest BCUT2D eigenvalue weighted by Gasteiger charge is 2.11. The van der Waals surface area contributed by atoms with E-state index in [0.29, 0.717) is 11.1 Å². The molecule has 74 valence electrons. The maximum absolute atomic E-state index is 11.4. The van der Waals surface area contributed by atoms with Gasteiger partial charge in [-0.05, 0) is 47.2 Å². The van der Waals surface area contributed by atoms with Gasteiger partial charge in [-0.25, -0.2) is 0 Å². The molecule has 0 saturated carbocycles. The standard InChI is InChI=1S/C10H8ClIO2/c1-6-8(10(14)4-11)2-7(5-13)3-9(6)12/h2-3,5H,4H2,1H3. The normalized spacial score (nSPS) is 9.93. The Hall–Kier alpha value is -0.420. The second kappa shape index (κ2) is 4.89. The van der Waals surface area contributed by atoms with Crippen LogP contribution in [0.2, 0.25) is 0 Å². The van der Waals surface area contributed by atoms with E-state index in [9.17, 15) is 9.59 Å². The predicted octanol–water partition coefficient (Wildman–Crippen LogP) is 2.83. The van der Waals surface area contributed by atoms with Gasteiger partial charge in [0.25, 0.3) is 0 Å². The molecule has 2 nitrogen and oxygen atoms in total. The molecule has 1 aromatic carbocycles. The van der Waals surface area contributed by atoms with Gasteiger partial charge in [0.1, 0.15) is 6.29 Å². The largest absolute Gasteiger partial charge is 0.298 e. The van der Waals surface area contributed by atoms with Crippen molar-refractivity contribution in [1.82, 2.24) is 0 Å². The smallest absolute Gasteiger partial charge is 0.177 e. The maximum atomic E-state index is 11.4. The Morgan fingerprint density at radius 2 is 2.21 bits per heavy atom. The minimum Gasteiger partial charge on any atom is -0.298 e. The summed E-state index contributed by atoms with van der Waals surface area (Å²) in [7, 11) is 0. The zero-order chi connectivity index (χ0) is 10.7. The van der Waals surface area contributed by atoms with E-state index in [-0.39, 0.29) is 11.7 Å². The first-order valence-corrected chi connectivity index (χ1v) is 5.56. The molecule has 0 aliphatic carbocycles. The molecule has 0 heterocycles. The molecule has 0 aliphatic rings. The summed E-state index contributed by atoms with van der Waals surface area (Å²) in [5.74, 6) is -0.204. The number of rotatable bonds is 3. The first-order valence-electron chi connectivity index (χ1n) is 3.94. The summed E-state index contributed by atoms with van der Waals surface area (Å²) in [6, 6.07) is 3.32. The third-order valence-electron chi connectivity index (χ3n) is 1.92. The minimum atomic E-state index is -0.147. The molecule has 14 heavy (non-hydrogen) atoms. The van der Waals surface area contributed by atoms with Crippen LogP contribution in [-0.2, 0) is 0 Å². The summed E-state index contributed by atoms with van der Waals surface area (Å²) >= 11 is 7.56. The van der Waals surface area contributed by atoms with E-state index in [0.717, 1.165) is 15.4 Å². The average molecular weight is 323 g/mol. The Morgan fingerprint density at radius 1 is 1.57 bits per heavy atom. The topological polar surface area (TPSA) is 34.1 Å². The number of hydrogen-bond donors (Lipinski definition) is 0. The lowest BCUT2D eigenvalue weighted by Gasteiger charge is -2.06. The van der Waals surface area contributed by atoms with Gasteiger partial charge in [-0.3, -0.25) is 9.59 Å². The van der Waals surface area contributed by atoms with E-state index in [1.807, 2.05) is 6.92 Å². The molecular weight excluding hydrogens is 314 g/mol. The Labute approximate surface area is 101 Å². The van der Waals surface area contributed by atoms with E-state index in [2.05, 4.69) is 22.6 Å². The molecule has 1 rings (SSSR count). The zero-order valence-electron chi connectivity index (χ0n) is 7.51. The Bertz CT molecular complexity index is 388. The number of halogens is 2. The van der Waals surface area contributed by atoms with Gasteiger partial charge < -0.3 is 0 Å². The van der Waals surface area contributed by atoms with Crippen LogP contribution in [-0.4, -0.2) is 17.9 Å². The van der Waals surface area contributed by atoms with Crippen molar-refractivity contribution in [2.75, 3.05) is 5.88 Å². The van der Waals surface area contributed by atoms with Crippen molar-refractivity contribution in [1.29, 1.82) is 0 Å². The summed E-state index contributed by atoms with van der Waals surface area (Å²) in [6.07, 6.45) is 0.729. The summed E-state index contributed by atoms with van der Waals surface area (Å²) < 4.78 is 0.903. The molecule has 0 unspecified atom stereocenters. The lowest BCUT2D eigenvalue weighted by atomic mass is 10.0. The van der Waals surface area contributed by atoms with Gasteiger partial charge in [-0.2, -0.15) is 0 Å². The van der Waals surface area contributed by atoms with Crippen molar-refractivity contribution in [3.8, 4) is 0 Å². The first-order chi connectivity index (χ1) is 6.60. The molecule has 4 heteroatoms. The zero-order valence-corrected chi connectivity index (χ0v) is 10.4. The second-order valence-corrected chi connectivity index (χ2v) is 4.28. The van der Waals surface area contributed by atoms with E-state index in [4.69, 9.17) is 11.6 Å². The van der Waals surface area contributed by atoms with Crippen LogP contribution in [0.5, 0.6) is 0 Å². The number of benzene rings is 1. The van der Waals surface area contributed by atoms with Crippen LogP contribution in [0, 0.1) is 10.5 Å². The number of carbonyl (C=O) groups excluding carboxylic acids is 2. The van der Waals surface area contributed by atoms with E-state index < -0.39 is 0 Å². The van der Waals surface area contributed by atoms with Crippen molar-refractivity contribution in [3.63, 3.8) is 0 Å². The summed E-state index contributed by atoms with van der Waals surface area (Å²) in [4.78, 5) is 22.0. The molecule has 1 aromatic rings. The molecular formula is C10H8ClIO2. The highest BCUT2D eigenvalue weighted by atomic mass is 127. The summed E-state index contributed by atoms with van der Waals surface area (Å²) in [5.41, 5.74) is 1.92.